The fraction of sp³-hybridized carbons (Fsp3) is 0.348. The molecule has 0 saturated carbocycles. The number of aliphatic hydroxyl groups excluding tert-OH is 1. The third kappa shape index (κ3) is 4.22. The number of fused-ring (bicyclic) bond motifs is 1. The second-order valence-corrected chi connectivity index (χ2v) is 7.36. The number of hydrogen-bond acceptors (Lipinski definition) is 4. The number of rotatable bonds is 5. The van der Waals surface area contributed by atoms with E-state index in [0.29, 0.717) is 12.2 Å². The molecule has 0 aliphatic carbocycles. The third-order valence-corrected chi connectivity index (χ3v) is 5.00. The van der Waals surface area contributed by atoms with E-state index in [1.165, 1.54) is 5.56 Å². The van der Waals surface area contributed by atoms with E-state index < -0.39 is 0 Å². The van der Waals surface area contributed by atoms with Gasteiger partial charge in [0.05, 0.1) is 25.4 Å². The SMILES string of the molecule is CCOC(=O)c1ccc(/C=C(/CO)c2ccc3c(c2)C(C)(C)CCO3)cc1. The van der Waals surface area contributed by atoms with Crippen LogP contribution in [0.2, 0.25) is 0 Å². The Morgan fingerprint density at radius 1 is 1.19 bits per heavy atom. The summed E-state index contributed by atoms with van der Waals surface area (Å²) in [6.07, 6.45) is 2.91. The van der Waals surface area contributed by atoms with E-state index in [1.807, 2.05) is 30.3 Å². The molecule has 0 fully saturated rings. The fourth-order valence-corrected chi connectivity index (χ4v) is 3.29. The predicted octanol–water partition coefficient (Wildman–Crippen LogP) is 4.46. The van der Waals surface area contributed by atoms with Gasteiger partial charge in [-0.2, -0.15) is 0 Å². The molecule has 27 heavy (non-hydrogen) atoms. The molecule has 1 aliphatic rings. The monoisotopic (exact) mass is 366 g/mol. The van der Waals surface area contributed by atoms with Crippen molar-refractivity contribution in [2.45, 2.75) is 32.6 Å². The Hall–Kier alpha value is -2.59. The van der Waals surface area contributed by atoms with E-state index in [0.717, 1.165) is 35.5 Å². The van der Waals surface area contributed by atoms with Crippen molar-refractivity contribution in [3.63, 3.8) is 0 Å². The van der Waals surface area contributed by atoms with E-state index in [4.69, 9.17) is 9.47 Å². The molecule has 4 heteroatoms. The number of ether oxygens (including phenoxy) is 2. The molecule has 0 saturated heterocycles. The minimum Gasteiger partial charge on any atom is -0.493 e. The first-order valence-electron chi connectivity index (χ1n) is 9.31. The van der Waals surface area contributed by atoms with Crippen LogP contribution in [0.1, 0.15) is 54.2 Å². The zero-order valence-corrected chi connectivity index (χ0v) is 16.1. The van der Waals surface area contributed by atoms with Crippen LogP contribution in [0.4, 0.5) is 0 Å². The van der Waals surface area contributed by atoms with Gasteiger partial charge < -0.3 is 14.6 Å². The first-order valence-corrected chi connectivity index (χ1v) is 9.31. The Labute approximate surface area is 160 Å². The molecular weight excluding hydrogens is 340 g/mol. The zero-order valence-electron chi connectivity index (χ0n) is 16.1. The van der Waals surface area contributed by atoms with Gasteiger partial charge in [0.2, 0.25) is 0 Å². The highest BCUT2D eigenvalue weighted by Crippen LogP contribution is 2.39. The van der Waals surface area contributed by atoms with Gasteiger partial charge in [-0.15, -0.1) is 0 Å². The highest BCUT2D eigenvalue weighted by molar-refractivity contribution is 5.90. The molecule has 142 valence electrons. The van der Waals surface area contributed by atoms with E-state index in [2.05, 4.69) is 19.9 Å². The lowest BCUT2D eigenvalue weighted by molar-refractivity contribution is 0.0526. The Balaban J connectivity index is 1.90. The zero-order chi connectivity index (χ0) is 19.4. The molecule has 3 rings (SSSR count). The summed E-state index contributed by atoms with van der Waals surface area (Å²) in [5, 5.41) is 9.91. The van der Waals surface area contributed by atoms with Crippen molar-refractivity contribution in [3.05, 3.63) is 64.7 Å². The fourth-order valence-electron chi connectivity index (χ4n) is 3.29. The highest BCUT2D eigenvalue weighted by Gasteiger charge is 2.29. The van der Waals surface area contributed by atoms with Crippen LogP contribution < -0.4 is 4.74 Å². The quantitative estimate of drug-likeness (QED) is 0.627. The van der Waals surface area contributed by atoms with Crippen molar-refractivity contribution in [3.8, 4) is 5.75 Å². The van der Waals surface area contributed by atoms with Crippen molar-refractivity contribution in [2.75, 3.05) is 19.8 Å². The maximum Gasteiger partial charge on any atom is 0.338 e. The van der Waals surface area contributed by atoms with Crippen LogP contribution in [-0.2, 0) is 10.2 Å². The van der Waals surface area contributed by atoms with Gasteiger partial charge in [0.25, 0.3) is 0 Å². The molecule has 1 heterocycles. The number of aliphatic hydroxyl groups is 1. The summed E-state index contributed by atoms with van der Waals surface area (Å²) < 4.78 is 10.8. The van der Waals surface area contributed by atoms with Gasteiger partial charge in [-0.05, 0) is 65.8 Å². The first kappa shape index (κ1) is 19.2. The Kier molecular flexibility index (Phi) is 5.66. The Morgan fingerprint density at radius 2 is 1.89 bits per heavy atom. The van der Waals surface area contributed by atoms with Gasteiger partial charge in [-0.25, -0.2) is 4.79 Å². The predicted molar refractivity (Wildman–Crippen MR) is 107 cm³/mol. The van der Waals surface area contributed by atoms with Crippen LogP contribution in [0.3, 0.4) is 0 Å². The molecule has 0 unspecified atom stereocenters. The van der Waals surface area contributed by atoms with Crippen molar-refractivity contribution in [1.82, 2.24) is 0 Å². The van der Waals surface area contributed by atoms with Crippen LogP contribution in [0.15, 0.2) is 42.5 Å². The topological polar surface area (TPSA) is 55.8 Å². The lowest BCUT2D eigenvalue weighted by Gasteiger charge is -2.32. The van der Waals surface area contributed by atoms with Crippen LogP contribution >= 0.6 is 0 Å². The molecule has 2 aromatic carbocycles. The third-order valence-electron chi connectivity index (χ3n) is 5.00. The highest BCUT2D eigenvalue weighted by atomic mass is 16.5. The van der Waals surface area contributed by atoms with Crippen LogP contribution in [0.25, 0.3) is 11.6 Å². The average Bonchev–Trinajstić information content (AvgIpc) is 2.66. The van der Waals surface area contributed by atoms with Gasteiger partial charge >= 0.3 is 5.97 Å². The van der Waals surface area contributed by atoms with E-state index >= 15 is 0 Å². The molecule has 4 nitrogen and oxygen atoms in total. The Morgan fingerprint density at radius 3 is 2.56 bits per heavy atom. The minimum atomic E-state index is -0.327. The van der Waals surface area contributed by atoms with E-state index in [9.17, 15) is 9.90 Å². The van der Waals surface area contributed by atoms with Crippen LogP contribution in [-0.4, -0.2) is 30.9 Å². The largest absolute Gasteiger partial charge is 0.493 e. The number of benzene rings is 2. The van der Waals surface area contributed by atoms with Gasteiger partial charge in [-0.1, -0.05) is 32.0 Å². The summed E-state index contributed by atoms with van der Waals surface area (Å²) in [7, 11) is 0. The molecule has 0 aromatic heterocycles. The van der Waals surface area contributed by atoms with Gasteiger partial charge in [0, 0.05) is 5.56 Å². The molecule has 0 amide bonds. The maximum atomic E-state index is 11.8. The number of carbonyl (C=O) groups is 1. The van der Waals surface area contributed by atoms with Gasteiger partial charge in [0.1, 0.15) is 5.75 Å². The molecule has 0 spiro atoms. The van der Waals surface area contributed by atoms with Crippen LogP contribution in [0, 0.1) is 0 Å². The molecule has 2 aromatic rings. The summed E-state index contributed by atoms with van der Waals surface area (Å²) in [5.41, 5.74) is 4.45. The molecule has 0 radical (unpaired) electrons. The second-order valence-electron chi connectivity index (χ2n) is 7.36. The first-order chi connectivity index (χ1) is 12.9. The van der Waals surface area contributed by atoms with Crippen molar-refractivity contribution < 1.29 is 19.4 Å². The summed E-state index contributed by atoms with van der Waals surface area (Å²) >= 11 is 0. The molecule has 0 bridgehead atoms. The Bertz CT molecular complexity index is 847. The second kappa shape index (κ2) is 7.97. The van der Waals surface area contributed by atoms with Crippen LogP contribution in [0.5, 0.6) is 5.75 Å². The smallest absolute Gasteiger partial charge is 0.338 e. The molecular formula is C23H26O4. The van der Waals surface area contributed by atoms with E-state index in [-0.39, 0.29) is 18.0 Å². The van der Waals surface area contributed by atoms with Crippen molar-refractivity contribution in [1.29, 1.82) is 0 Å². The summed E-state index contributed by atoms with van der Waals surface area (Å²) in [6.45, 7) is 7.23. The van der Waals surface area contributed by atoms with Gasteiger partial charge in [-0.3, -0.25) is 0 Å². The average molecular weight is 366 g/mol. The maximum absolute atomic E-state index is 11.8. The standard InChI is InChI=1S/C23H26O4/c1-4-26-22(25)17-7-5-16(6-8-17)13-19(15-24)18-9-10-21-20(14-18)23(2,3)11-12-27-21/h5-10,13-14,24H,4,11-12,15H2,1-3H3/b19-13-. The lowest BCUT2D eigenvalue weighted by atomic mass is 9.79. The molecule has 1 aliphatic heterocycles. The van der Waals surface area contributed by atoms with E-state index in [1.54, 1.807) is 19.1 Å². The molecule has 0 atom stereocenters. The van der Waals surface area contributed by atoms with Gasteiger partial charge in [0.15, 0.2) is 0 Å². The number of carbonyl (C=O) groups excluding carboxylic acids is 1. The van der Waals surface area contributed by atoms with Crippen molar-refractivity contribution in [2.24, 2.45) is 0 Å². The summed E-state index contributed by atoms with van der Waals surface area (Å²) in [6, 6.07) is 13.3. The lowest BCUT2D eigenvalue weighted by Crippen LogP contribution is -2.26. The molecule has 1 N–H and O–H groups in total. The summed E-state index contributed by atoms with van der Waals surface area (Å²) in [5.74, 6) is 0.596. The van der Waals surface area contributed by atoms with Crippen molar-refractivity contribution >= 4 is 17.6 Å². The number of esters is 1. The summed E-state index contributed by atoms with van der Waals surface area (Å²) in [4.78, 5) is 11.8. The normalized spacial score (nSPS) is 15.6. The minimum absolute atomic E-state index is 0.0471. The number of hydrogen-bond donors (Lipinski definition) is 1.